The van der Waals surface area contributed by atoms with E-state index >= 15 is 0 Å². The normalized spacial score (nSPS) is 10.8. The molecule has 0 N–H and O–H groups in total. The summed E-state index contributed by atoms with van der Waals surface area (Å²) in [5.41, 5.74) is 1.24. The van der Waals surface area contributed by atoms with Crippen LogP contribution in [0.1, 0.15) is 50.5 Å². The Morgan fingerprint density at radius 1 is 0.947 bits per heavy atom. The maximum atomic E-state index is 5.69. The van der Waals surface area contributed by atoms with Crippen molar-refractivity contribution in [3.8, 4) is 0 Å². The van der Waals surface area contributed by atoms with Crippen molar-refractivity contribution in [2.24, 2.45) is 0 Å². The molecule has 0 amide bonds. The van der Waals surface area contributed by atoms with Crippen LogP contribution >= 0.6 is 28.6 Å². The van der Waals surface area contributed by atoms with Gasteiger partial charge in [-0.3, -0.25) is 0 Å². The molecule has 0 spiro atoms. The first-order valence-corrected chi connectivity index (χ1v) is 8.68. The predicted molar refractivity (Wildman–Crippen MR) is 90.0 cm³/mol. The zero-order chi connectivity index (χ0) is 13.8. The highest BCUT2D eigenvalue weighted by molar-refractivity contribution is 9.10. The van der Waals surface area contributed by atoms with Gasteiger partial charge in [0, 0.05) is 11.1 Å². The Kier molecular flexibility index (Phi) is 10.6. The number of rotatable bonds is 11. The number of hydrogen-bond donors (Lipinski definition) is 1. The largest absolute Gasteiger partial charge is 0.377 e. The molecule has 1 aromatic rings. The van der Waals surface area contributed by atoms with Gasteiger partial charge in [-0.2, -0.15) is 12.6 Å². The molecule has 0 atom stereocenters. The lowest BCUT2D eigenvalue weighted by Crippen LogP contribution is -1.95. The van der Waals surface area contributed by atoms with Crippen LogP contribution < -0.4 is 0 Å². The molecule has 0 aromatic heterocycles. The summed E-state index contributed by atoms with van der Waals surface area (Å²) < 4.78 is 6.81. The van der Waals surface area contributed by atoms with E-state index in [1.165, 1.54) is 50.5 Å². The van der Waals surface area contributed by atoms with E-state index in [9.17, 15) is 0 Å². The first-order chi connectivity index (χ1) is 9.33. The van der Waals surface area contributed by atoms with Gasteiger partial charge in [0.15, 0.2) is 0 Å². The lowest BCUT2D eigenvalue weighted by atomic mass is 10.1. The highest BCUT2D eigenvalue weighted by Crippen LogP contribution is 2.13. The van der Waals surface area contributed by atoms with Crippen molar-refractivity contribution < 1.29 is 4.74 Å². The van der Waals surface area contributed by atoms with Gasteiger partial charge in [0.05, 0.1) is 6.61 Å². The van der Waals surface area contributed by atoms with Crippen LogP contribution in [0.5, 0.6) is 0 Å². The number of ether oxygens (including phenoxy) is 1. The van der Waals surface area contributed by atoms with Gasteiger partial charge in [0.25, 0.3) is 0 Å². The summed E-state index contributed by atoms with van der Waals surface area (Å²) in [6, 6.07) is 8.30. The Bertz CT molecular complexity index is 330. The maximum absolute atomic E-state index is 5.69. The van der Waals surface area contributed by atoms with E-state index < -0.39 is 0 Å². The lowest BCUT2D eigenvalue weighted by molar-refractivity contribution is 0.116. The first-order valence-electron chi connectivity index (χ1n) is 7.26. The van der Waals surface area contributed by atoms with Gasteiger partial charge in [-0.05, 0) is 36.3 Å². The third-order valence-electron chi connectivity index (χ3n) is 3.10. The van der Waals surface area contributed by atoms with E-state index in [0.29, 0.717) is 0 Å². The topological polar surface area (TPSA) is 9.23 Å². The molecule has 19 heavy (non-hydrogen) atoms. The van der Waals surface area contributed by atoms with Crippen LogP contribution in [-0.2, 0) is 11.3 Å². The molecule has 1 nitrogen and oxygen atoms in total. The summed E-state index contributed by atoms with van der Waals surface area (Å²) in [4.78, 5) is 0. The van der Waals surface area contributed by atoms with E-state index in [2.05, 4.69) is 40.7 Å². The van der Waals surface area contributed by atoms with Gasteiger partial charge < -0.3 is 4.74 Å². The number of unbranched alkanes of at least 4 members (excludes halogenated alkanes) is 6. The minimum absolute atomic E-state index is 0.724. The Balaban J connectivity index is 1.89. The van der Waals surface area contributed by atoms with Crippen molar-refractivity contribution in [2.75, 3.05) is 12.4 Å². The Morgan fingerprint density at radius 3 is 2.32 bits per heavy atom. The number of hydrogen-bond acceptors (Lipinski definition) is 2. The van der Waals surface area contributed by atoms with E-state index in [4.69, 9.17) is 4.74 Å². The fraction of sp³-hybridized carbons (Fsp3) is 0.625. The highest BCUT2D eigenvalue weighted by atomic mass is 79.9. The molecule has 3 heteroatoms. The Hall–Kier alpha value is 0.01000. The highest BCUT2D eigenvalue weighted by Gasteiger charge is 1.95. The fourth-order valence-corrected chi connectivity index (χ4v) is 2.69. The fourth-order valence-electron chi connectivity index (χ4n) is 2.02. The van der Waals surface area contributed by atoms with Gasteiger partial charge in [-0.15, -0.1) is 0 Å². The number of thiol groups is 1. The summed E-state index contributed by atoms with van der Waals surface area (Å²) in [5, 5.41) is 0. The zero-order valence-electron chi connectivity index (χ0n) is 11.6. The smallest absolute Gasteiger partial charge is 0.0717 e. The molecule has 0 fully saturated rings. The number of benzene rings is 1. The lowest BCUT2D eigenvalue weighted by Gasteiger charge is -2.05. The molecule has 1 rings (SSSR count). The van der Waals surface area contributed by atoms with Crippen molar-refractivity contribution in [3.63, 3.8) is 0 Å². The molecule has 1 aromatic carbocycles. The Labute approximate surface area is 131 Å². The van der Waals surface area contributed by atoms with E-state index in [1.807, 2.05) is 12.1 Å². The maximum Gasteiger partial charge on any atom is 0.0717 e. The van der Waals surface area contributed by atoms with Crippen LogP contribution in [0, 0.1) is 0 Å². The monoisotopic (exact) mass is 344 g/mol. The van der Waals surface area contributed by atoms with Crippen molar-refractivity contribution in [2.45, 2.75) is 51.6 Å². The van der Waals surface area contributed by atoms with Gasteiger partial charge in [0.1, 0.15) is 0 Å². The molecule has 0 unspecified atom stereocenters. The molecular weight excluding hydrogens is 320 g/mol. The third kappa shape index (κ3) is 9.53. The minimum Gasteiger partial charge on any atom is -0.377 e. The molecule has 0 saturated carbocycles. The van der Waals surface area contributed by atoms with Gasteiger partial charge >= 0.3 is 0 Å². The number of halogens is 1. The summed E-state index contributed by atoms with van der Waals surface area (Å²) in [5.74, 6) is 1.03. The average Bonchev–Trinajstić information content (AvgIpc) is 2.41. The molecule has 0 saturated heterocycles. The average molecular weight is 345 g/mol. The second-order valence-electron chi connectivity index (χ2n) is 4.88. The van der Waals surface area contributed by atoms with Crippen molar-refractivity contribution >= 4 is 28.6 Å². The third-order valence-corrected chi connectivity index (χ3v) is 3.91. The molecule has 108 valence electrons. The van der Waals surface area contributed by atoms with Gasteiger partial charge in [0.2, 0.25) is 0 Å². The van der Waals surface area contributed by atoms with Gasteiger partial charge in [-0.25, -0.2) is 0 Å². The molecule has 0 radical (unpaired) electrons. The Morgan fingerprint density at radius 2 is 1.63 bits per heavy atom. The second-order valence-corrected chi connectivity index (χ2v) is 6.24. The molecule has 0 heterocycles. The van der Waals surface area contributed by atoms with Crippen molar-refractivity contribution in [3.05, 3.63) is 34.3 Å². The standard InChI is InChI=1S/C16H25BrOS/c17-16-10-8-9-15(13-16)14-18-11-6-4-2-1-3-5-7-12-19/h8-10,13,19H,1-7,11-12,14H2. The summed E-state index contributed by atoms with van der Waals surface area (Å²) >= 11 is 7.69. The molecule has 0 aliphatic carbocycles. The van der Waals surface area contributed by atoms with Crippen molar-refractivity contribution in [1.82, 2.24) is 0 Å². The van der Waals surface area contributed by atoms with Crippen LogP contribution in [0.2, 0.25) is 0 Å². The molecule has 0 aliphatic heterocycles. The van der Waals surface area contributed by atoms with E-state index in [-0.39, 0.29) is 0 Å². The quantitative estimate of drug-likeness (QED) is 0.404. The van der Waals surface area contributed by atoms with Gasteiger partial charge in [-0.1, -0.05) is 60.2 Å². The van der Waals surface area contributed by atoms with Crippen molar-refractivity contribution in [1.29, 1.82) is 0 Å². The van der Waals surface area contributed by atoms with Crippen LogP contribution in [0.3, 0.4) is 0 Å². The minimum atomic E-state index is 0.724. The van der Waals surface area contributed by atoms with Crippen LogP contribution in [0.15, 0.2) is 28.7 Å². The second kappa shape index (κ2) is 11.8. The summed E-state index contributed by atoms with van der Waals surface area (Å²) in [6.07, 6.45) is 9.13. The van der Waals surface area contributed by atoms with E-state index in [0.717, 1.165) is 23.4 Å². The van der Waals surface area contributed by atoms with Crippen LogP contribution in [-0.4, -0.2) is 12.4 Å². The molecule has 0 bridgehead atoms. The predicted octanol–water partition coefficient (Wildman–Crippen LogP) is 5.63. The van der Waals surface area contributed by atoms with Crippen LogP contribution in [0.4, 0.5) is 0 Å². The SMILES string of the molecule is SCCCCCCCCCOCc1cccc(Br)c1. The zero-order valence-corrected chi connectivity index (χ0v) is 14.1. The van der Waals surface area contributed by atoms with Crippen LogP contribution in [0.25, 0.3) is 0 Å². The summed E-state index contributed by atoms with van der Waals surface area (Å²) in [6.45, 7) is 1.60. The molecular formula is C16H25BrOS. The van der Waals surface area contributed by atoms with E-state index in [1.54, 1.807) is 0 Å². The first kappa shape index (κ1) is 17.1. The summed E-state index contributed by atoms with van der Waals surface area (Å²) in [7, 11) is 0. The molecule has 0 aliphatic rings.